The topological polar surface area (TPSA) is 86.7 Å². The molecule has 20 heavy (non-hydrogen) atoms. The second kappa shape index (κ2) is 5.90. The Bertz CT molecular complexity index is 594. The van der Waals surface area contributed by atoms with Crippen LogP contribution in [-0.2, 0) is 10.2 Å². The molecule has 1 aliphatic heterocycles. The van der Waals surface area contributed by atoms with Crippen LogP contribution in [0.3, 0.4) is 0 Å². The number of aromatic nitrogens is 2. The maximum Gasteiger partial charge on any atom is 0.284 e. The Balaban J connectivity index is 2.00. The van der Waals surface area contributed by atoms with Crippen LogP contribution in [0, 0.1) is 0 Å². The van der Waals surface area contributed by atoms with Gasteiger partial charge in [0.05, 0.1) is 0 Å². The molecule has 0 radical (unpaired) electrons. The molecule has 0 saturated carbocycles. The minimum atomic E-state index is -3.43. The molecule has 0 aliphatic carbocycles. The number of hydrogen-bond acceptors (Lipinski definition) is 6. The van der Waals surface area contributed by atoms with Crippen LogP contribution in [0.5, 0.6) is 0 Å². The summed E-state index contributed by atoms with van der Waals surface area (Å²) in [6.07, 6.45) is 0. The Morgan fingerprint density at radius 3 is 2.30 bits per heavy atom. The van der Waals surface area contributed by atoms with Gasteiger partial charge in [-0.2, -0.15) is 17.0 Å². The quantitative estimate of drug-likeness (QED) is 0.758. The average Bonchev–Trinajstić information content (AvgIpc) is 2.84. The van der Waals surface area contributed by atoms with Crippen molar-refractivity contribution in [2.45, 2.75) is 0 Å². The Kier molecular flexibility index (Phi) is 4.59. The van der Waals surface area contributed by atoms with Crippen molar-refractivity contribution in [3.63, 3.8) is 0 Å². The molecule has 1 saturated heterocycles. The van der Waals surface area contributed by atoms with Gasteiger partial charge in [-0.05, 0) is 11.6 Å². The molecular formula is C9H14ClN5O3S2. The summed E-state index contributed by atoms with van der Waals surface area (Å²) < 4.78 is 26.6. The van der Waals surface area contributed by atoms with Gasteiger partial charge >= 0.3 is 0 Å². The molecule has 0 unspecified atom stereocenters. The summed E-state index contributed by atoms with van der Waals surface area (Å²) in [5.74, 6) is -0.267. The van der Waals surface area contributed by atoms with Gasteiger partial charge in [-0.25, -0.2) is 0 Å². The zero-order valence-corrected chi connectivity index (χ0v) is 13.4. The molecule has 0 atom stereocenters. The van der Waals surface area contributed by atoms with E-state index in [0.717, 1.165) is 15.6 Å². The lowest BCUT2D eigenvalue weighted by molar-refractivity contribution is 0.0694. The Morgan fingerprint density at radius 2 is 1.85 bits per heavy atom. The smallest absolute Gasteiger partial charge is 0.284 e. The van der Waals surface area contributed by atoms with E-state index in [9.17, 15) is 13.2 Å². The van der Waals surface area contributed by atoms with E-state index in [0.29, 0.717) is 13.1 Å². The van der Waals surface area contributed by atoms with E-state index < -0.39 is 10.2 Å². The fourth-order valence-electron chi connectivity index (χ4n) is 1.78. The number of piperazine rings is 1. The highest BCUT2D eigenvalue weighted by molar-refractivity contribution is 7.86. The minimum absolute atomic E-state index is 0.210. The molecule has 8 nitrogen and oxygen atoms in total. The first-order valence-electron chi connectivity index (χ1n) is 5.78. The summed E-state index contributed by atoms with van der Waals surface area (Å²) in [5, 5.41) is 7.50. The lowest BCUT2D eigenvalue weighted by Gasteiger charge is -2.34. The van der Waals surface area contributed by atoms with E-state index >= 15 is 0 Å². The molecule has 1 aromatic rings. The maximum atomic E-state index is 12.1. The molecular weight excluding hydrogens is 326 g/mol. The highest BCUT2D eigenvalue weighted by atomic mass is 35.5. The van der Waals surface area contributed by atoms with E-state index in [4.69, 9.17) is 11.6 Å². The van der Waals surface area contributed by atoms with Gasteiger partial charge in [0, 0.05) is 40.3 Å². The molecule has 0 aromatic carbocycles. The van der Waals surface area contributed by atoms with Gasteiger partial charge in [0.15, 0.2) is 0 Å². The predicted molar refractivity (Wildman–Crippen MR) is 75.0 cm³/mol. The van der Waals surface area contributed by atoms with Gasteiger partial charge < -0.3 is 4.90 Å². The lowest BCUT2D eigenvalue weighted by atomic mass is 10.3. The first kappa shape index (κ1) is 15.6. The molecule has 112 valence electrons. The van der Waals surface area contributed by atoms with Crippen LogP contribution in [0.4, 0.5) is 0 Å². The Morgan fingerprint density at radius 1 is 1.25 bits per heavy atom. The number of nitrogens with zero attached hydrogens (tertiary/aromatic N) is 5. The van der Waals surface area contributed by atoms with E-state index in [1.165, 1.54) is 18.4 Å². The van der Waals surface area contributed by atoms with Crippen LogP contribution in [0.2, 0.25) is 4.47 Å². The van der Waals surface area contributed by atoms with E-state index in [2.05, 4.69) is 10.2 Å². The van der Waals surface area contributed by atoms with Crippen LogP contribution < -0.4 is 0 Å². The summed E-state index contributed by atoms with van der Waals surface area (Å²) in [4.78, 5) is 13.7. The predicted octanol–water partition coefficient (Wildman–Crippen LogP) is -0.244. The van der Waals surface area contributed by atoms with Crippen LogP contribution in [-0.4, -0.2) is 78.3 Å². The normalized spacial score (nSPS) is 17.7. The van der Waals surface area contributed by atoms with E-state index in [1.54, 1.807) is 4.90 Å². The lowest BCUT2D eigenvalue weighted by Crippen LogP contribution is -2.53. The first-order chi connectivity index (χ1) is 9.32. The van der Waals surface area contributed by atoms with Crippen molar-refractivity contribution in [3.05, 3.63) is 9.47 Å². The summed E-state index contributed by atoms with van der Waals surface area (Å²) in [7, 11) is -0.463. The first-order valence-corrected chi connectivity index (χ1v) is 8.37. The van der Waals surface area contributed by atoms with Crippen molar-refractivity contribution >= 4 is 39.1 Å². The van der Waals surface area contributed by atoms with Gasteiger partial charge in [0.1, 0.15) is 0 Å². The van der Waals surface area contributed by atoms with Crippen molar-refractivity contribution < 1.29 is 13.2 Å². The van der Waals surface area contributed by atoms with Crippen molar-refractivity contribution in [2.75, 3.05) is 40.3 Å². The largest absolute Gasteiger partial charge is 0.334 e. The van der Waals surface area contributed by atoms with Gasteiger partial charge in [-0.15, -0.1) is 10.2 Å². The maximum absolute atomic E-state index is 12.1. The molecule has 1 aromatic heterocycles. The number of hydrogen-bond donors (Lipinski definition) is 0. The van der Waals surface area contributed by atoms with Gasteiger partial charge in [0.2, 0.25) is 9.47 Å². The van der Waals surface area contributed by atoms with E-state index in [-0.39, 0.29) is 28.5 Å². The van der Waals surface area contributed by atoms with Crippen molar-refractivity contribution in [3.8, 4) is 0 Å². The third-order valence-corrected chi connectivity index (χ3v) is 5.84. The molecule has 1 fully saturated rings. The van der Waals surface area contributed by atoms with Gasteiger partial charge in [0.25, 0.3) is 16.1 Å². The molecule has 1 amide bonds. The molecule has 2 heterocycles. The second-order valence-corrected chi connectivity index (χ2v) is 8.04. The van der Waals surface area contributed by atoms with Gasteiger partial charge in [-0.1, -0.05) is 11.3 Å². The molecule has 0 N–H and O–H groups in total. The average molecular weight is 340 g/mol. The van der Waals surface area contributed by atoms with Crippen molar-refractivity contribution in [1.82, 2.24) is 23.7 Å². The fourth-order valence-corrected chi connectivity index (χ4v) is 3.66. The van der Waals surface area contributed by atoms with Crippen LogP contribution in [0.1, 0.15) is 9.80 Å². The highest BCUT2D eigenvalue weighted by Crippen LogP contribution is 2.18. The number of carbonyl (C=O) groups excluding carboxylic acids is 1. The second-order valence-electron chi connectivity index (χ2n) is 4.34. The number of carbonyl (C=O) groups is 1. The summed E-state index contributed by atoms with van der Waals surface area (Å²) in [6, 6.07) is 0. The molecule has 11 heteroatoms. The standard InChI is InChI=1S/C9H14ClN5O3S2/c1-13(2)20(17,18)15-5-3-14(4-6-15)8(16)7-11-12-9(10)19-7/h3-6H2,1-2H3. The monoisotopic (exact) mass is 339 g/mol. The molecule has 1 aliphatic rings. The number of amides is 1. The van der Waals surface area contributed by atoms with Crippen molar-refractivity contribution in [2.24, 2.45) is 0 Å². The third-order valence-electron chi connectivity index (χ3n) is 2.90. The number of halogens is 1. The SMILES string of the molecule is CN(C)S(=O)(=O)N1CCN(C(=O)c2nnc(Cl)s2)CC1. The van der Waals surface area contributed by atoms with Crippen molar-refractivity contribution in [1.29, 1.82) is 0 Å². The zero-order chi connectivity index (χ0) is 14.9. The fraction of sp³-hybridized carbons (Fsp3) is 0.667. The minimum Gasteiger partial charge on any atom is -0.334 e. The summed E-state index contributed by atoms with van der Waals surface area (Å²) in [6.45, 7) is 1.17. The third kappa shape index (κ3) is 3.09. The summed E-state index contributed by atoms with van der Waals surface area (Å²) in [5.41, 5.74) is 0. The molecule has 2 rings (SSSR count). The highest BCUT2D eigenvalue weighted by Gasteiger charge is 2.31. The zero-order valence-electron chi connectivity index (χ0n) is 11.0. The molecule has 0 bridgehead atoms. The van der Waals surface area contributed by atoms with Gasteiger partial charge in [-0.3, -0.25) is 4.79 Å². The molecule has 0 spiro atoms. The van der Waals surface area contributed by atoms with E-state index in [1.807, 2.05) is 0 Å². The van der Waals surface area contributed by atoms with Crippen LogP contribution in [0.25, 0.3) is 0 Å². The van der Waals surface area contributed by atoms with Crippen LogP contribution >= 0.6 is 22.9 Å². The number of rotatable bonds is 3. The Labute approximate surface area is 126 Å². The Hall–Kier alpha value is -0.810. The van der Waals surface area contributed by atoms with Crippen LogP contribution in [0.15, 0.2) is 0 Å². The summed E-state index contributed by atoms with van der Waals surface area (Å²) >= 11 is 6.66.